The number of ether oxygens (including phenoxy) is 1. The highest BCUT2D eigenvalue weighted by molar-refractivity contribution is 7.90. The lowest BCUT2D eigenvalue weighted by atomic mass is 10.3. The first-order valence-corrected chi connectivity index (χ1v) is 8.07. The van der Waals surface area contributed by atoms with Crippen molar-refractivity contribution in [2.24, 2.45) is 0 Å². The summed E-state index contributed by atoms with van der Waals surface area (Å²) in [5.74, 6) is 0.706. The predicted octanol–water partition coefficient (Wildman–Crippen LogP) is 1.86. The summed E-state index contributed by atoms with van der Waals surface area (Å²) < 4.78 is 28.0. The second-order valence-electron chi connectivity index (χ2n) is 4.20. The Balaban J connectivity index is 2.32. The molecule has 0 aliphatic rings. The van der Waals surface area contributed by atoms with Crippen LogP contribution in [0.2, 0.25) is 0 Å². The van der Waals surface area contributed by atoms with Crippen LogP contribution in [0.25, 0.3) is 0 Å². The summed E-state index contributed by atoms with van der Waals surface area (Å²) in [5.41, 5.74) is 0. The van der Waals surface area contributed by atoms with E-state index >= 15 is 0 Å². The Labute approximate surface area is 109 Å². The van der Waals surface area contributed by atoms with Crippen molar-refractivity contribution in [2.75, 3.05) is 26.0 Å². The second kappa shape index (κ2) is 7.38. The second-order valence-corrected chi connectivity index (χ2v) is 6.21. The van der Waals surface area contributed by atoms with E-state index in [0.717, 1.165) is 25.9 Å². The molecule has 102 valence electrons. The first-order chi connectivity index (χ1) is 8.54. The van der Waals surface area contributed by atoms with E-state index < -0.39 is 9.84 Å². The van der Waals surface area contributed by atoms with E-state index in [-0.39, 0.29) is 0 Å². The van der Waals surface area contributed by atoms with Crippen molar-refractivity contribution in [3.8, 4) is 5.75 Å². The molecule has 0 amide bonds. The van der Waals surface area contributed by atoms with Crippen molar-refractivity contribution < 1.29 is 13.2 Å². The Bertz CT molecular complexity index is 440. The molecule has 1 rings (SSSR count). The zero-order chi connectivity index (χ0) is 13.4. The first kappa shape index (κ1) is 15.0. The zero-order valence-electron chi connectivity index (χ0n) is 11.0. The Hall–Kier alpha value is -1.07. The fourth-order valence-electron chi connectivity index (χ4n) is 1.47. The molecule has 5 heteroatoms. The minimum absolute atomic E-state index is 0.319. The lowest BCUT2D eigenvalue weighted by Gasteiger charge is -2.07. The van der Waals surface area contributed by atoms with Gasteiger partial charge in [0, 0.05) is 6.26 Å². The van der Waals surface area contributed by atoms with Crippen LogP contribution in [0.3, 0.4) is 0 Å². The number of hydrogen-bond acceptors (Lipinski definition) is 4. The Morgan fingerprint density at radius 1 is 1.17 bits per heavy atom. The van der Waals surface area contributed by atoms with Gasteiger partial charge in [-0.25, -0.2) is 8.42 Å². The molecule has 1 N–H and O–H groups in total. The number of rotatable bonds is 8. The van der Waals surface area contributed by atoms with Gasteiger partial charge in [0.15, 0.2) is 9.84 Å². The summed E-state index contributed by atoms with van der Waals surface area (Å²) in [6, 6.07) is 6.52. The van der Waals surface area contributed by atoms with Crippen LogP contribution >= 0.6 is 0 Å². The quantitative estimate of drug-likeness (QED) is 0.733. The van der Waals surface area contributed by atoms with Crippen LogP contribution in [0.4, 0.5) is 0 Å². The van der Waals surface area contributed by atoms with Gasteiger partial charge < -0.3 is 10.1 Å². The largest absolute Gasteiger partial charge is 0.494 e. The van der Waals surface area contributed by atoms with Crippen LogP contribution in [0.1, 0.15) is 19.8 Å². The standard InChI is InChI=1S/C13H21NO3S/c1-3-9-14-10-4-11-17-12-5-7-13(8-6-12)18(2,15)16/h5-8,14H,3-4,9-11H2,1-2H3. The topological polar surface area (TPSA) is 55.4 Å². The van der Waals surface area contributed by atoms with Crippen LogP contribution in [-0.2, 0) is 9.84 Å². The molecule has 18 heavy (non-hydrogen) atoms. The molecule has 1 aromatic carbocycles. The molecule has 0 saturated heterocycles. The monoisotopic (exact) mass is 271 g/mol. The van der Waals surface area contributed by atoms with E-state index in [4.69, 9.17) is 4.74 Å². The summed E-state index contributed by atoms with van der Waals surface area (Å²) in [6.45, 7) is 4.74. The Morgan fingerprint density at radius 2 is 1.83 bits per heavy atom. The first-order valence-electron chi connectivity index (χ1n) is 6.17. The van der Waals surface area contributed by atoms with E-state index in [1.54, 1.807) is 24.3 Å². The zero-order valence-corrected chi connectivity index (χ0v) is 11.8. The number of benzene rings is 1. The third kappa shape index (κ3) is 5.51. The lowest BCUT2D eigenvalue weighted by Crippen LogP contribution is -2.18. The minimum atomic E-state index is -3.12. The fourth-order valence-corrected chi connectivity index (χ4v) is 2.10. The molecule has 0 aromatic heterocycles. The molecule has 0 fully saturated rings. The summed E-state index contributed by atoms with van der Waals surface area (Å²) in [6.07, 6.45) is 3.27. The summed E-state index contributed by atoms with van der Waals surface area (Å²) in [5, 5.41) is 3.29. The van der Waals surface area contributed by atoms with Gasteiger partial charge in [-0.05, 0) is 50.2 Å². The van der Waals surface area contributed by atoms with Crippen molar-refractivity contribution in [2.45, 2.75) is 24.7 Å². The van der Waals surface area contributed by atoms with Gasteiger partial charge in [-0.1, -0.05) is 6.92 Å². The van der Waals surface area contributed by atoms with Gasteiger partial charge in [-0.3, -0.25) is 0 Å². The van der Waals surface area contributed by atoms with Crippen LogP contribution < -0.4 is 10.1 Å². The molecule has 0 saturated carbocycles. The fraction of sp³-hybridized carbons (Fsp3) is 0.538. The predicted molar refractivity (Wildman–Crippen MR) is 72.8 cm³/mol. The summed E-state index contributed by atoms with van der Waals surface area (Å²) in [4.78, 5) is 0.319. The molecular formula is C13H21NO3S. The molecule has 1 aromatic rings. The highest BCUT2D eigenvalue weighted by Gasteiger charge is 2.06. The van der Waals surface area contributed by atoms with Crippen molar-refractivity contribution >= 4 is 9.84 Å². The Morgan fingerprint density at radius 3 is 2.39 bits per heavy atom. The van der Waals surface area contributed by atoms with Gasteiger partial charge in [-0.15, -0.1) is 0 Å². The minimum Gasteiger partial charge on any atom is -0.494 e. The molecule has 0 heterocycles. The van der Waals surface area contributed by atoms with E-state index in [2.05, 4.69) is 12.2 Å². The Kier molecular flexibility index (Phi) is 6.15. The van der Waals surface area contributed by atoms with Gasteiger partial charge >= 0.3 is 0 Å². The van der Waals surface area contributed by atoms with Gasteiger partial charge in [0.05, 0.1) is 11.5 Å². The summed E-state index contributed by atoms with van der Waals surface area (Å²) in [7, 11) is -3.12. The molecule has 4 nitrogen and oxygen atoms in total. The summed E-state index contributed by atoms with van der Waals surface area (Å²) >= 11 is 0. The van der Waals surface area contributed by atoms with Gasteiger partial charge in [0.2, 0.25) is 0 Å². The van der Waals surface area contributed by atoms with Crippen molar-refractivity contribution in [3.63, 3.8) is 0 Å². The van der Waals surface area contributed by atoms with Gasteiger partial charge in [0.1, 0.15) is 5.75 Å². The van der Waals surface area contributed by atoms with Crippen molar-refractivity contribution in [3.05, 3.63) is 24.3 Å². The third-order valence-electron chi connectivity index (χ3n) is 2.45. The van der Waals surface area contributed by atoms with E-state index in [1.807, 2.05) is 0 Å². The molecule has 0 radical (unpaired) electrons. The maximum atomic E-state index is 11.3. The van der Waals surface area contributed by atoms with E-state index in [9.17, 15) is 8.42 Å². The molecule has 0 unspecified atom stereocenters. The van der Waals surface area contributed by atoms with Gasteiger partial charge in [0.25, 0.3) is 0 Å². The average Bonchev–Trinajstić information content (AvgIpc) is 2.33. The number of nitrogens with one attached hydrogen (secondary N) is 1. The third-order valence-corrected chi connectivity index (χ3v) is 3.57. The van der Waals surface area contributed by atoms with E-state index in [0.29, 0.717) is 17.3 Å². The maximum Gasteiger partial charge on any atom is 0.175 e. The highest BCUT2D eigenvalue weighted by atomic mass is 32.2. The van der Waals surface area contributed by atoms with Crippen LogP contribution in [0.5, 0.6) is 5.75 Å². The smallest absolute Gasteiger partial charge is 0.175 e. The molecule has 0 spiro atoms. The molecule has 0 aliphatic carbocycles. The van der Waals surface area contributed by atoms with Crippen LogP contribution in [0, 0.1) is 0 Å². The van der Waals surface area contributed by atoms with E-state index in [1.165, 1.54) is 6.26 Å². The lowest BCUT2D eigenvalue weighted by molar-refractivity contribution is 0.308. The molecule has 0 atom stereocenters. The SMILES string of the molecule is CCCNCCCOc1ccc(S(C)(=O)=O)cc1. The normalized spacial score (nSPS) is 11.4. The maximum absolute atomic E-state index is 11.3. The molecular weight excluding hydrogens is 250 g/mol. The van der Waals surface area contributed by atoms with Gasteiger partial charge in [-0.2, -0.15) is 0 Å². The molecule has 0 aliphatic heterocycles. The van der Waals surface area contributed by atoms with Crippen LogP contribution in [-0.4, -0.2) is 34.4 Å². The van der Waals surface area contributed by atoms with Crippen molar-refractivity contribution in [1.29, 1.82) is 0 Å². The van der Waals surface area contributed by atoms with Crippen molar-refractivity contribution in [1.82, 2.24) is 5.32 Å². The molecule has 0 bridgehead atoms. The number of sulfone groups is 1. The average molecular weight is 271 g/mol. The highest BCUT2D eigenvalue weighted by Crippen LogP contribution is 2.15. The van der Waals surface area contributed by atoms with Crippen LogP contribution in [0.15, 0.2) is 29.2 Å². The number of hydrogen-bond donors (Lipinski definition) is 1.